The van der Waals surface area contributed by atoms with Crippen LogP contribution in [0.25, 0.3) is 10.8 Å². The molecule has 2 rings (SSSR count). The van der Waals surface area contributed by atoms with Crippen molar-refractivity contribution >= 4 is 35.3 Å². The molecule has 0 heterocycles. The van der Waals surface area contributed by atoms with Crippen LogP contribution in [0.2, 0.25) is 0 Å². The number of esters is 1. The van der Waals surface area contributed by atoms with Crippen LogP contribution in [0.15, 0.2) is 42.5 Å². The van der Waals surface area contributed by atoms with E-state index in [-0.39, 0.29) is 12.0 Å². The maximum Gasteiger partial charge on any atom is 0.327 e. The molecule has 0 amide bonds. The van der Waals surface area contributed by atoms with Gasteiger partial charge in [0.1, 0.15) is 6.04 Å². The van der Waals surface area contributed by atoms with Crippen LogP contribution in [-0.4, -0.2) is 23.5 Å². The van der Waals surface area contributed by atoms with Crippen molar-refractivity contribution in [2.45, 2.75) is 40.2 Å². The minimum atomic E-state index is -2.80. The van der Waals surface area contributed by atoms with E-state index in [0.717, 1.165) is 22.0 Å². The summed E-state index contributed by atoms with van der Waals surface area (Å²) in [6, 6.07) is 12.3. The lowest BCUT2D eigenvalue weighted by Crippen LogP contribution is -2.37. The quantitative estimate of drug-likeness (QED) is 0.354. The summed E-state index contributed by atoms with van der Waals surface area (Å²) in [5.74, 6) is -0.0371. The van der Waals surface area contributed by atoms with Gasteiger partial charge in [-0.2, -0.15) is 0 Å². The van der Waals surface area contributed by atoms with Crippen LogP contribution < -0.4 is 4.84 Å². The van der Waals surface area contributed by atoms with Gasteiger partial charge in [-0.3, -0.25) is 9.36 Å². The van der Waals surface area contributed by atoms with Crippen LogP contribution in [0.3, 0.4) is 0 Å². The Morgan fingerprint density at radius 2 is 1.85 bits per heavy atom. The zero-order valence-electron chi connectivity index (χ0n) is 15.5. The third-order valence-electron chi connectivity index (χ3n) is 3.91. The van der Waals surface area contributed by atoms with Gasteiger partial charge in [0.15, 0.2) is 5.75 Å². The van der Waals surface area contributed by atoms with Crippen molar-refractivity contribution < 1.29 is 18.9 Å². The second-order valence-corrected chi connectivity index (χ2v) is 9.22. The number of halogens is 1. The highest BCUT2D eigenvalue weighted by atomic mass is 35.7. The molecule has 0 aliphatic carbocycles. The number of hydroxylamine groups is 1. The molecule has 2 aromatic rings. The van der Waals surface area contributed by atoms with Crippen LogP contribution >= 0.6 is 18.5 Å². The average Bonchev–Trinajstić information content (AvgIpc) is 2.57. The second kappa shape index (κ2) is 8.90. The fourth-order valence-corrected chi connectivity index (χ4v) is 3.45. The molecule has 0 aromatic heterocycles. The van der Waals surface area contributed by atoms with Gasteiger partial charge >= 0.3 is 5.97 Å². The first-order valence-electron chi connectivity index (χ1n) is 8.50. The molecule has 0 N–H and O–H groups in total. The van der Waals surface area contributed by atoms with Gasteiger partial charge in [0.2, 0.25) is 0 Å². The van der Waals surface area contributed by atoms with Crippen molar-refractivity contribution in [1.29, 1.82) is 0 Å². The Hall–Kier alpha value is -1.55. The highest BCUT2D eigenvalue weighted by Gasteiger charge is 2.29. The molecule has 7 heteroatoms. The number of benzene rings is 2. The average molecular weight is 398 g/mol. The molecule has 0 spiro atoms. The highest BCUT2D eigenvalue weighted by Crippen LogP contribution is 2.37. The van der Waals surface area contributed by atoms with Crippen molar-refractivity contribution in [2.75, 3.05) is 6.61 Å². The van der Waals surface area contributed by atoms with Crippen LogP contribution in [0.4, 0.5) is 0 Å². The molecule has 0 saturated carbocycles. The molecule has 2 aromatic carbocycles. The van der Waals surface area contributed by atoms with Crippen molar-refractivity contribution in [3.8, 4) is 5.75 Å². The number of carbonyl (C=O) groups excluding carboxylic acids is 1. The lowest BCUT2D eigenvalue weighted by atomic mass is 9.93. The van der Waals surface area contributed by atoms with Gasteiger partial charge in [0.25, 0.3) is 7.30 Å². The van der Waals surface area contributed by atoms with Gasteiger partial charge < -0.3 is 9.57 Å². The first kappa shape index (κ1) is 20.8. The van der Waals surface area contributed by atoms with E-state index in [9.17, 15) is 9.36 Å². The second-order valence-electron chi connectivity index (χ2n) is 7.30. The first-order valence-corrected chi connectivity index (χ1v) is 10.9. The topological polar surface area (TPSA) is 55.8 Å². The standard InChI is InChI=1S/C19H25ClNO4P/c1-14(18(22)24-13-12-19(2,3)4)21(26(20)23)25-17-11-7-9-15-8-5-6-10-16(15)17/h5-11,14,26H,12-13H2,1-4H3/t14-/m0/s1. The number of rotatable bonds is 7. The summed E-state index contributed by atoms with van der Waals surface area (Å²) >= 11 is 5.83. The minimum absolute atomic E-state index is 0.0582. The smallest absolute Gasteiger partial charge is 0.327 e. The molecule has 0 radical (unpaired) electrons. The summed E-state index contributed by atoms with van der Waals surface area (Å²) in [4.78, 5) is 19.1. The van der Waals surface area contributed by atoms with Crippen molar-refractivity contribution in [2.24, 2.45) is 5.41 Å². The zero-order chi connectivity index (χ0) is 19.3. The molecule has 0 aliphatic rings. The fraction of sp³-hybridized carbons (Fsp3) is 0.421. The van der Waals surface area contributed by atoms with E-state index in [1.807, 2.05) is 36.4 Å². The normalized spacial score (nSPS) is 14.2. The number of ether oxygens (including phenoxy) is 1. The molecule has 1 unspecified atom stereocenters. The van der Waals surface area contributed by atoms with Crippen LogP contribution in [0.5, 0.6) is 5.75 Å². The van der Waals surface area contributed by atoms with Gasteiger partial charge in [-0.25, -0.2) is 0 Å². The third-order valence-corrected chi connectivity index (χ3v) is 5.23. The molecule has 26 heavy (non-hydrogen) atoms. The van der Waals surface area contributed by atoms with E-state index in [4.69, 9.17) is 20.8 Å². The number of carbonyl (C=O) groups is 1. The molecule has 142 valence electrons. The molecular weight excluding hydrogens is 373 g/mol. The Balaban J connectivity index is 2.12. The Morgan fingerprint density at radius 3 is 2.50 bits per heavy atom. The van der Waals surface area contributed by atoms with E-state index in [1.165, 1.54) is 0 Å². The monoisotopic (exact) mass is 397 g/mol. The van der Waals surface area contributed by atoms with E-state index >= 15 is 0 Å². The van der Waals surface area contributed by atoms with Crippen molar-refractivity contribution in [3.63, 3.8) is 0 Å². The van der Waals surface area contributed by atoms with E-state index < -0.39 is 19.3 Å². The van der Waals surface area contributed by atoms with Crippen molar-refractivity contribution in [1.82, 2.24) is 4.83 Å². The number of hydrogen-bond donors (Lipinski definition) is 0. The summed E-state index contributed by atoms with van der Waals surface area (Å²) < 4.78 is 17.3. The SMILES string of the molecule is C[C@@H](C(=O)OCCC(C)(C)C)N(Oc1cccc2ccccc12)[PH](=O)Cl. The molecule has 0 bridgehead atoms. The molecule has 0 aliphatic heterocycles. The first-order chi connectivity index (χ1) is 12.2. The minimum Gasteiger partial charge on any atom is -0.464 e. The lowest BCUT2D eigenvalue weighted by molar-refractivity contribution is -0.154. The predicted octanol–water partition coefficient (Wildman–Crippen LogP) is 5.43. The summed E-state index contributed by atoms with van der Waals surface area (Å²) in [5.41, 5.74) is 0.0582. The summed E-state index contributed by atoms with van der Waals surface area (Å²) in [6.45, 7) is 8.06. The summed E-state index contributed by atoms with van der Waals surface area (Å²) in [5, 5.41) is 1.81. The Morgan fingerprint density at radius 1 is 1.19 bits per heavy atom. The molecular formula is C19H25ClNO4P. The maximum atomic E-state index is 12.3. The van der Waals surface area contributed by atoms with Crippen LogP contribution in [0.1, 0.15) is 34.1 Å². The number of nitrogens with zero attached hydrogens (tertiary/aromatic N) is 1. The molecule has 2 atom stereocenters. The largest absolute Gasteiger partial charge is 0.464 e. The van der Waals surface area contributed by atoms with E-state index in [1.54, 1.807) is 13.0 Å². The van der Waals surface area contributed by atoms with Crippen molar-refractivity contribution in [3.05, 3.63) is 42.5 Å². The number of fused-ring (bicyclic) bond motifs is 1. The maximum absolute atomic E-state index is 12.3. The number of hydrogen-bond acceptors (Lipinski definition) is 4. The van der Waals surface area contributed by atoms with Gasteiger partial charge in [0.05, 0.1) is 6.61 Å². The predicted molar refractivity (Wildman–Crippen MR) is 106 cm³/mol. The Kier molecular flexibility index (Phi) is 7.10. The van der Waals surface area contributed by atoms with Gasteiger partial charge in [-0.15, -0.1) is 0 Å². The molecule has 5 nitrogen and oxygen atoms in total. The van der Waals surface area contributed by atoms with Gasteiger partial charge in [-0.1, -0.05) is 62.0 Å². The van der Waals surface area contributed by atoms with E-state index in [2.05, 4.69) is 20.8 Å². The fourth-order valence-electron chi connectivity index (χ4n) is 2.32. The third kappa shape index (κ3) is 5.73. The van der Waals surface area contributed by atoms with Gasteiger partial charge in [-0.05, 0) is 41.5 Å². The molecule has 0 fully saturated rings. The zero-order valence-corrected chi connectivity index (χ0v) is 17.2. The van der Waals surface area contributed by atoms with Gasteiger partial charge in [0, 0.05) is 5.39 Å². The molecule has 0 saturated heterocycles. The van der Waals surface area contributed by atoms with Crippen LogP contribution in [0, 0.1) is 5.41 Å². The summed E-state index contributed by atoms with van der Waals surface area (Å²) in [6.07, 6.45) is 0.728. The highest BCUT2D eigenvalue weighted by molar-refractivity contribution is 7.71. The Labute approximate surface area is 159 Å². The Bertz CT molecular complexity index is 785. The van der Waals surface area contributed by atoms with Crippen LogP contribution in [-0.2, 0) is 14.1 Å². The summed E-state index contributed by atoms with van der Waals surface area (Å²) in [7, 11) is -2.80. The van der Waals surface area contributed by atoms with E-state index in [0.29, 0.717) is 5.75 Å². The lowest BCUT2D eigenvalue weighted by Gasteiger charge is -2.25.